The maximum atomic E-state index is 11.8. The van der Waals surface area contributed by atoms with E-state index in [1.807, 2.05) is 12.1 Å². The molecule has 1 N–H and O–H groups in total. The van der Waals surface area contributed by atoms with Crippen LogP contribution in [0.2, 0.25) is 0 Å². The lowest BCUT2D eigenvalue weighted by Crippen LogP contribution is -2.36. The first-order chi connectivity index (χ1) is 9.63. The van der Waals surface area contributed by atoms with E-state index in [2.05, 4.69) is 25.2 Å². The van der Waals surface area contributed by atoms with Crippen LogP contribution in [0.5, 0.6) is 5.75 Å². The van der Waals surface area contributed by atoms with Crippen molar-refractivity contribution in [2.75, 3.05) is 6.61 Å². The second kappa shape index (κ2) is 7.32. The van der Waals surface area contributed by atoms with Gasteiger partial charge in [0.15, 0.2) is 0 Å². The standard InChI is InChI=1S/C17H25NO2/c1-13-10-14(2)12-16(11-13)20-9-8-17(19)18-15-6-4-3-5-7-15/h10-12,15H,3-9H2,1-2H3,(H,18,19). The number of ether oxygens (including phenoxy) is 1. The molecule has 2 rings (SSSR count). The van der Waals surface area contributed by atoms with Gasteiger partial charge in [-0.25, -0.2) is 0 Å². The zero-order valence-electron chi connectivity index (χ0n) is 12.6. The summed E-state index contributed by atoms with van der Waals surface area (Å²) in [5.74, 6) is 0.967. The Morgan fingerprint density at radius 1 is 1.15 bits per heavy atom. The first-order valence-electron chi connectivity index (χ1n) is 7.64. The van der Waals surface area contributed by atoms with Crippen molar-refractivity contribution in [3.8, 4) is 5.75 Å². The van der Waals surface area contributed by atoms with E-state index in [0.29, 0.717) is 19.1 Å². The number of hydrogen-bond acceptors (Lipinski definition) is 2. The summed E-state index contributed by atoms with van der Waals surface area (Å²) in [6.45, 7) is 4.55. The topological polar surface area (TPSA) is 38.3 Å². The highest BCUT2D eigenvalue weighted by molar-refractivity contribution is 5.76. The molecule has 1 amide bonds. The molecule has 1 fully saturated rings. The average Bonchev–Trinajstić information content (AvgIpc) is 2.38. The third-order valence-corrected chi connectivity index (χ3v) is 3.76. The number of hydrogen-bond donors (Lipinski definition) is 1. The first kappa shape index (κ1) is 14.9. The summed E-state index contributed by atoms with van der Waals surface area (Å²) in [5.41, 5.74) is 2.37. The van der Waals surface area contributed by atoms with Crippen molar-refractivity contribution in [3.05, 3.63) is 29.3 Å². The second-order valence-electron chi connectivity index (χ2n) is 5.82. The average molecular weight is 275 g/mol. The largest absolute Gasteiger partial charge is 0.493 e. The molecular weight excluding hydrogens is 250 g/mol. The highest BCUT2D eigenvalue weighted by Gasteiger charge is 2.15. The summed E-state index contributed by atoms with van der Waals surface area (Å²) >= 11 is 0. The van der Waals surface area contributed by atoms with E-state index in [0.717, 1.165) is 18.6 Å². The molecule has 1 aromatic carbocycles. The molecule has 0 aliphatic heterocycles. The van der Waals surface area contributed by atoms with Crippen LogP contribution >= 0.6 is 0 Å². The Balaban J connectivity index is 1.70. The smallest absolute Gasteiger partial charge is 0.223 e. The summed E-state index contributed by atoms with van der Waals surface area (Å²) in [4.78, 5) is 11.8. The zero-order valence-corrected chi connectivity index (χ0v) is 12.6. The second-order valence-corrected chi connectivity index (χ2v) is 5.82. The van der Waals surface area contributed by atoms with Crippen molar-refractivity contribution < 1.29 is 9.53 Å². The van der Waals surface area contributed by atoms with E-state index in [-0.39, 0.29) is 5.91 Å². The van der Waals surface area contributed by atoms with Crippen LogP contribution in [0.4, 0.5) is 0 Å². The summed E-state index contributed by atoms with van der Waals surface area (Å²) in [6, 6.07) is 6.51. The van der Waals surface area contributed by atoms with Gasteiger partial charge in [0, 0.05) is 6.04 Å². The molecule has 110 valence electrons. The maximum Gasteiger partial charge on any atom is 0.223 e. The van der Waals surface area contributed by atoms with E-state index in [1.54, 1.807) is 0 Å². The molecule has 0 radical (unpaired) electrons. The molecule has 0 saturated heterocycles. The van der Waals surface area contributed by atoms with E-state index in [4.69, 9.17) is 4.74 Å². The molecule has 0 unspecified atom stereocenters. The summed E-state index contributed by atoms with van der Waals surface area (Å²) < 4.78 is 5.67. The number of carbonyl (C=O) groups is 1. The Kier molecular flexibility index (Phi) is 5.45. The molecule has 20 heavy (non-hydrogen) atoms. The maximum absolute atomic E-state index is 11.8. The van der Waals surface area contributed by atoms with Gasteiger partial charge >= 0.3 is 0 Å². The number of aryl methyl sites for hydroxylation is 2. The number of carbonyl (C=O) groups excluding carboxylic acids is 1. The Labute approximate surface area is 121 Å². The summed E-state index contributed by atoms with van der Waals surface area (Å²) in [5, 5.41) is 3.11. The highest BCUT2D eigenvalue weighted by atomic mass is 16.5. The summed E-state index contributed by atoms with van der Waals surface area (Å²) in [7, 11) is 0. The molecule has 0 bridgehead atoms. The molecule has 1 aliphatic rings. The van der Waals surface area contributed by atoms with Crippen molar-refractivity contribution in [1.29, 1.82) is 0 Å². The molecule has 3 nitrogen and oxygen atoms in total. The zero-order chi connectivity index (χ0) is 14.4. The summed E-state index contributed by atoms with van der Waals surface area (Å²) in [6.07, 6.45) is 6.48. The molecule has 1 aromatic rings. The lowest BCUT2D eigenvalue weighted by atomic mass is 9.95. The van der Waals surface area contributed by atoms with Crippen LogP contribution in [-0.2, 0) is 4.79 Å². The van der Waals surface area contributed by atoms with Gasteiger partial charge in [-0.1, -0.05) is 25.3 Å². The van der Waals surface area contributed by atoms with E-state index < -0.39 is 0 Å². The predicted molar refractivity (Wildman–Crippen MR) is 81.0 cm³/mol. The van der Waals surface area contributed by atoms with Crippen LogP contribution in [0, 0.1) is 13.8 Å². The van der Waals surface area contributed by atoms with Crippen molar-refractivity contribution in [2.24, 2.45) is 0 Å². The minimum Gasteiger partial charge on any atom is -0.493 e. The molecule has 1 aliphatic carbocycles. The Bertz CT molecular complexity index is 430. The van der Waals surface area contributed by atoms with Crippen LogP contribution in [0.1, 0.15) is 49.7 Å². The third kappa shape index (κ3) is 4.87. The fourth-order valence-corrected chi connectivity index (χ4v) is 2.82. The molecule has 0 aromatic heterocycles. The fraction of sp³-hybridized carbons (Fsp3) is 0.588. The SMILES string of the molecule is Cc1cc(C)cc(OCCC(=O)NC2CCCCC2)c1. The first-order valence-corrected chi connectivity index (χ1v) is 7.64. The van der Waals surface area contributed by atoms with Crippen LogP contribution in [0.15, 0.2) is 18.2 Å². The van der Waals surface area contributed by atoms with Gasteiger partial charge in [0.25, 0.3) is 0 Å². The quantitative estimate of drug-likeness (QED) is 0.893. The van der Waals surface area contributed by atoms with Crippen LogP contribution in [0.3, 0.4) is 0 Å². The van der Waals surface area contributed by atoms with E-state index in [9.17, 15) is 4.79 Å². The van der Waals surface area contributed by atoms with Gasteiger partial charge in [0.05, 0.1) is 13.0 Å². The van der Waals surface area contributed by atoms with E-state index in [1.165, 1.54) is 30.4 Å². The van der Waals surface area contributed by atoms with Crippen molar-refractivity contribution in [1.82, 2.24) is 5.32 Å². The van der Waals surface area contributed by atoms with E-state index >= 15 is 0 Å². The predicted octanol–water partition coefficient (Wildman–Crippen LogP) is 3.52. The normalized spacial score (nSPS) is 15.9. The van der Waals surface area contributed by atoms with Gasteiger partial charge in [-0.2, -0.15) is 0 Å². The lowest BCUT2D eigenvalue weighted by molar-refractivity contribution is -0.122. The minimum absolute atomic E-state index is 0.112. The number of benzene rings is 1. The van der Waals surface area contributed by atoms with Gasteiger partial charge in [0.1, 0.15) is 5.75 Å². The monoisotopic (exact) mass is 275 g/mol. The molecule has 0 atom stereocenters. The van der Waals surface area contributed by atoms with Gasteiger partial charge in [-0.3, -0.25) is 4.79 Å². The van der Waals surface area contributed by atoms with Gasteiger partial charge in [-0.05, 0) is 49.9 Å². The number of rotatable bonds is 5. The highest BCUT2D eigenvalue weighted by Crippen LogP contribution is 2.18. The molecule has 0 heterocycles. The van der Waals surface area contributed by atoms with Crippen LogP contribution < -0.4 is 10.1 Å². The van der Waals surface area contributed by atoms with Crippen LogP contribution in [0.25, 0.3) is 0 Å². The molecular formula is C17H25NO2. The van der Waals surface area contributed by atoms with Gasteiger partial charge < -0.3 is 10.1 Å². The molecule has 0 spiro atoms. The Morgan fingerprint density at radius 2 is 1.80 bits per heavy atom. The molecule has 3 heteroatoms. The fourth-order valence-electron chi connectivity index (χ4n) is 2.82. The Morgan fingerprint density at radius 3 is 2.45 bits per heavy atom. The lowest BCUT2D eigenvalue weighted by Gasteiger charge is -2.22. The van der Waals surface area contributed by atoms with Crippen molar-refractivity contribution in [2.45, 2.75) is 58.4 Å². The van der Waals surface area contributed by atoms with Gasteiger partial charge in [-0.15, -0.1) is 0 Å². The number of nitrogens with one attached hydrogen (secondary N) is 1. The number of amides is 1. The third-order valence-electron chi connectivity index (χ3n) is 3.76. The van der Waals surface area contributed by atoms with Crippen LogP contribution in [-0.4, -0.2) is 18.6 Å². The van der Waals surface area contributed by atoms with Gasteiger partial charge in [0.2, 0.25) is 5.91 Å². The minimum atomic E-state index is 0.112. The van der Waals surface area contributed by atoms with Crippen molar-refractivity contribution >= 4 is 5.91 Å². The van der Waals surface area contributed by atoms with Crippen molar-refractivity contribution in [3.63, 3.8) is 0 Å². The molecule has 1 saturated carbocycles. The Hall–Kier alpha value is -1.51.